The Kier molecular flexibility index (Phi) is 7.91. The molecule has 0 saturated heterocycles. The Hall–Kier alpha value is -8.34. The molecule has 14 rings (SSSR count). The second kappa shape index (κ2) is 14.1. The number of anilines is 9. The summed E-state index contributed by atoms with van der Waals surface area (Å²) in [5, 5.41) is 0. The van der Waals surface area contributed by atoms with Gasteiger partial charge >= 0.3 is 0 Å². The Balaban J connectivity index is 0.950. The van der Waals surface area contributed by atoms with Gasteiger partial charge in [0.15, 0.2) is 0 Å². The first-order valence-electron chi connectivity index (χ1n) is 23.1. The van der Waals surface area contributed by atoms with E-state index < -0.39 is 0 Å². The van der Waals surface area contributed by atoms with Gasteiger partial charge in [-0.15, -0.1) is 0 Å². The predicted octanol–water partition coefficient (Wildman–Crippen LogP) is 13.9. The molecule has 0 N–H and O–H groups in total. The third-order valence-corrected chi connectivity index (χ3v) is 14.7. The molecule has 4 aliphatic rings. The van der Waals surface area contributed by atoms with Gasteiger partial charge in [0.05, 0.1) is 5.41 Å². The van der Waals surface area contributed by atoms with Crippen molar-refractivity contribution in [3.8, 4) is 22.3 Å². The van der Waals surface area contributed by atoms with Crippen molar-refractivity contribution in [2.45, 2.75) is 12.3 Å². The fourth-order valence-electron chi connectivity index (χ4n) is 12.1. The lowest BCUT2D eigenvalue weighted by Gasteiger charge is -2.44. The Morgan fingerprint density at radius 1 is 0.348 bits per heavy atom. The molecule has 0 radical (unpaired) electrons. The highest BCUT2D eigenvalue weighted by Gasteiger charge is 2.52. The van der Waals surface area contributed by atoms with E-state index in [2.05, 4.69) is 258 Å². The average molecular weight is 840 g/mol. The monoisotopic (exact) mass is 839 g/mol. The number of fused-ring (bicyclic) bond motifs is 14. The van der Waals surface area contributed by atoms with Gasteiger partial charge in [0.2, 0.25) is 0 Å². The first kappa shape index (κ1) is 37.1. The highest BCUT2D eigenvalue weighted by atomic mass is 15.2. The molecule has 3 nitrogen and oxygen atoms in total. The summed E-state index contributed by atoms with van der Waals surface area (Å²) in [4.78, 5) is 7.36. The van der Waals surface area contributed by atoms with Crippen LogP contribution in [0.4, 0.5) is 51.2 Å². The zero-order valence-corrected chi connectivity index (χ0v) is 36.4. The van der Waals surface area contributed by atoms with Crippen LogP contribution in [0, 0.1) is 6.92 Å². The summed E-state index contributed by atoms with van der Waals surface area (Å²) >= 11 is 0. The highest BCUT2D eigenvalue weighted by molar-refractivity contribution is 7.00. The summed E-state index contributed by atoms with van der Waals surface area (Å²) in [6.45, 7) is 2.28. The SMILES string of the molecule is Cc1ccc2c(c1)B1c3ccccc3N(c3ccc4c(c3)-c3ccccc3C43c4ccccc4-c4ccccc43)c3cccc(c31)N2c1ccc(N(c2ccccc2)c2ccccc2)cc1. The number of rotatable bonds is 5. The van der Waals surface area contributed by atoms with E-state index in [0.717, 1.165) is 28.4 Å². The van der Waals surface area contributed by atoms with E-state index in [1.807, 2.05) is 0 Å². The molecule has 0 fully saturated rings. The van der Waals surface area contributed by atoms with E-state index in [4.69, 9.17) is 0 Å². The first-order valence-corrected chi connectivity index (χ1v) is 23.1. The zero-order valence-electron chi connectivity index (χ0n) is 36.4. The molecule has 2 aliphatic carbocycles. The summed E-state index contributed by atoms with van der Waals surface area (Å²) < 4.78 is 0. The van der Waals surface area contributed by atoms with E-state index in [0.29, 0.717) is 0 Å². The quantitative estimate of drug-likeness (QED) is 0.160. The lowest BCUT2D eigenvalue weighted by atomic mass is 9.33. The van der Waals surface area contributed by atoms with Gasteiger partial charge < -0.3 is 14.7 Å². The van der Waals surface area contributed by atoms with Crippen molar-refractivity contribution >= 4 is 74.3 Å². The molecule has 0 atom stereocenters. The van der Waals surface area contributed by atoms with Crippen LogP contribution in [0.3, 0.4) is 0 Å². The molecule has 66 heavy (non-hydrogen) atoms. The molecule has 0 bridgehead atoms. The molecule has 4 heteroatoms. The summed E-state index contributed by atoms with van der Waals surface area (Å²) in [7, 11) is 0. The number of hydrogen-bond acceptors (Lipinski definition) is 3. The van der Waals surface area contributed by atoms with Crippen LogP contribution in [-0.4, -0.2) is 6.71 Å². The summed E-state index contributed by atoms with van der Waals surface area (Å²) in [6, 6.07) is 87.9. The molecular formula is C62H42BN3. The summed E-state index contributed by atoms with van der Waals surface area (Å²) in [5.74, 6) is 0. The van der Waals surface area contributed by atoms with Crippen LogP contribution in [0.15, 0.2) is 237 Å². The van der Waals surface area contributed by atoms with Crippen molar-refractivity contribution in [3.05, 3.63) is 264 Å². The number of para-hydroxylation sites is 3. The Bertz CT molecular complexity index is 3500. The number of nitrogens with zero attached hydrogens (tertiary/aromatic N) is 3. The van der Waals surface area contributed by atoms with E-state index >= 15 is 0 Å². The van der Waals surface area contributed by atoms with Gasteiger partial charge in [0.1, 0.15) is 0 Å². The van der Waals surface area contributed by atoms with Crippen LogP contribution >= 0.6 is 0 Å². The Morgan fingerprint density at radius 2 is 0.818 bits per heavy atom. The van der Waals surface area contributed by atoms with E-state index in [1.54, 1.807) is 0 Å². The Morgan fingerprint density at radius 3 is 1.45 bits per heavy atom. The minimum atomic E-state index is -0.384. The van der Waals surface area contributed by atoms with Crippen molar-refractivity contribution < 1.29 is 0 Å². The van der Waals surface area contributed by atoms with Crippen molar-refractivity contribution in [3.63, 3.8) is 0 Å². The smallest absolute Gasteiger partial charge is 0.252 e. The van der Waals surface area contributed by atoms with Gasteiger partial charge in [0.25, 0.3) is 6.71 Å². The highest BCUT2D eigenvalue weighted by Crippen LogP contribution is 2.63. The molecule has 2 heterocycles. The number of benzene rings is 10. The van der Waals surface area contributed by atoms with E-state index in [9.17, 15) is 0 Å². The van der Waals surface area contributed by atoms with Crippen LogP contribution in [0.5, 0.6) is 0 Å². The van der Waals surface area contributed by atoms with Crippen LogP contribution in [-0.2, 0) is 5.41 Å². The van der Waals surface area contributed by atoms with Crippen molar-refractivity contribution in [2.75, 3.05) is 14.7 Å². The largest absolute Gasteiger partial charge is 0.311 e. The maximum atomic E-state index is 2.54. The van der Waals surface area contributed by atoms with E-state index in [-0.39, 0.29) is 12.1 Å². The van der Waals surface area contributed by atoms with Gasteiger partial charge in [-0.2, -0.15) is 0 Å². The molecule has 0 saturated carbocycles. The first-order chi connectivity index (χ1) is 32.7. The lowest BCUT2D eigenvalue weighted by Crippen LogP contribution is -2.61. The number of hydrogen-bond donors (Lipinski definition) is 0. The second-order valence-electron chi connectivity index (χ2n) is 18.1. The van der Waals surface area contributed by atoms with Gasteiger partial charge in [-0.25, -0.2) is 0 Å². The van der Waals surface area contributed by atoms with Gasteiger partial charge in [-0.05, 0) is 153 Å². The van der Waals surface area contributed by atoms with Crippen LogP contribution in [0.1, 0.15) is 27.8 Å². The summed E-state index contributed by atoms with van der Waals surface area (Å²) in [5.41, 5.74) is 26.0. The summed E-state index contributed by atoms with van der Waals surface area (Å²) in [6.07, 6.45) is 0. The van der Waals surface area contributed by atoms with Gasteiger partial charge in [-0.1, -0.05) is 157 Å². The molecule has 1 spiro atoms. The van der Waals surface area contributed by atoms with Crippen LogP contribution in [0.2, 0.25) is 0 Å². The third kappa shape index (κ3) is 5.04. The van der Waals surface area contributed by atoms with E-state index in [1.165, 1.54) is 89.2 Å². The van der Waals surface area contributed by atoms with Crippen molar-refractivity contribution in [1.82, 2.24) is 0 Å². The average Bonchev–Trinajstić information content (AvgIpc) is 3.84. The maximum absolute atomic E-state index is 2.54. The van der Waals surface area contributed by atoms with Gasteiger partial charge in [0, 0.05) is 51.2 Å². The van der Waals surface area contributed by atoms with Crippen molar-refractivity contribution in [1.29, 1.82) is 0 Å². The van der Waals surface area contributed by atoms with Crippen LogP contribution < -0.4 is 31.1 Å². The molecule has 308 valence electrons. The van der Waals surface area contributed by atoms with Crippen molar-refractivity contribution in [2.24, 2.45) is 0 Å². The molecular weight excluding hydrogens is 798 g/mol. The minimum Gasteiger partial charge on any atom is -0.311 e. The topological polar surface area (TPSA) is 9.72 Å². The predicted molar refractivity (Wildman–Crippen MR) is 276 cm³/mol. The Labute approximate surface area is 386 Å². The molecule has 0 aromatic heterocycles. The molecule has 0 amide bonds. The third-order valence-electron chi connectivity index (χ3n) is 14.7. The molecule has 2 aliphatic heterocycles. The lowest BCUT2D eigenvalue weighted by molar-refractivity contribution is 0.794. The number of aryl methyl sites for hydroxylation is 1. The van der Waals surface area contributed by atoms with Crippen LogP contribution in [0.25, 0.3) is 22.3 Å². The molecule has 10 aromatic carbocycles. The fraction of sp³-hybridized carbons (Fsp3) is 0.0323. The second-order valence-corrected chi connectivity index (χ2v) is 18.1. The van der Waals surface area contributed by atoms with Gasteiger partial charge in [-0.3, -0.25) is 0 Å². The zero-order chi connectivity index (χ0) is 43.5. The fourth-order valence-corrected chi connectivity index (χ4v) is 12.1. The minimum absolute atomic E-state index is 0.0608. The molecule has 10 aromatic rings. The standard InChI is InChI=1S/C62H42BN3/c1-41-31-38-58-56(39-41)63-55-27-14-15-28-57(55)66(46-36-37-54-50(40-46)49-23-10-13-26-53(49)62(54)51-24-11-8-21-47(51)48-22-9-12-25-52(48)62)60-30-16-29-59(61(60)63)65(58)45-34-32-44(33-35-45)64(42-17-4-2-5-18-42)43-19-6-3-7-20-43/h2-40H,1H3. The normalized spacial score (nSPS) is 13.9. The maximum Gasteiger partial charge on any atom is 0.252 e. The molecule has 0 unspecified atom stereocenters.